The molecule has 29 heavy (non-hydrogen) atoms. The van der Waals surface area contributed by atoms with Crippen molar-refractivity contribution in [3.63, 3.8) is 0 Å². The van der Waals surface area contributed by atoms with E-state index in [4.69, 9.17) is 4.74 Å². The molecular formula is C24H29N3O2. The van der Waals surface area contributed by atoms with Gasteiger partial charge in [-0.05, 0) is 62.7 Å². The number of amides is 2. The number of urea groups is 1. The van der Waals surface area contributed by atoms with Gasteiger partial charge in [-0.1, -0.05) is 30.3 Å². The predicted octanol–water partition coefficient (Wildman–Crippen LogP) is 5.38. The summed E-state index contributed by atoms with van der Waals surface area (Å²) in [6.07, 6.45) is 2.06. The topological polar surface area (TPSA) is 46.5 Å². The molecule has 1 heterocycles. The van der Waals surface area contributed by atoms with E-state index in [9.17, 15) is 4.79 Å². The van der Waals surface area contributed by atoms with Gasteiger partial charge in [-0.3, -0.25) is 0 Å². The van der Waals surface area contributed by atoms with Crippen LogP contribution in [0.5, 0.6) is 5.75 Å². The fourth-order valence-corrected chi connectivity index (χ4v) is 3.19. The number of carbonyl (C=O) groups excluding carboxylic acids is 1. The van der Waals surface area contributed by atoms with Crippen LogP contribution < -0.4 is 10.1 Å². The van der Waals surface area contributed by atoms with E-state index in [1.807, 2.05) is 74.2 Å². The number of ether oxygens (including phenoxy) is 1. The number of anilines is 1. The minimum absolute atomic E-state index is 0.0674. The van der Waals surface area contributed by atoms with Gasteiger partial charge in [0.2, 0.25) is 0 Å². The van der Waals surface area contributed by atoms with Crippen molar-refractivity contribution in [1.29, 1.82) is 0 Å². The molecule has 0 atom stereocenters. The summed E-state index contributed by atoms with van der Waals surface area (Å²) in [7, 11) is 0. The summed E-state index contributed by atoms with van der Waals surface area (Å²) < 4.78 is 7.65. The molecule has 0 aliphatic carbocycles. The molecule has 3 rings (SSSR count). The van der Waals surface area contributed by atoms with E-state index in [-0.39, 0.29) is 12.1 Å². The number of carbonyl (C=O) groups is 1. The minimum Gasteiger partial charge on any atom is -0.494 e. The Hall–Kier alpha value is -3.21. The molecule has 5 nitrogen and oxygen atoms in total. The van der Waals surface area contributed by atoms with Crippen LogP contribution in [0.15, 0.2) is 72.9 Å². The zero-order valence-corrected chi connectivity index (χ0v) is 17.3. The SMILES string of the molecule is CCOc1ccc(NC(=O)N(Cc2cccn2Cc2ccccc2)C(C)C)cc1. The zero-order valence-electron chi connectivity index (χ0n) is 17.3. The van der Waals surface area contributed by atoms with Crippen molar-refractivity contribution < 1.29 is 9.53 Å². The van der Waals surface area contributed by atoms with Gasteiger partial charge in [0.05, 0.1) is 13.2 Å². The van der Waals surface area contributed by atoms with E-state index in [1.165, 1.54) is 5.56 Å². The van der Waals surface area contributed by atoms with Crippen LogP contribution in [0.2, 0.25) is 0 Å². The Bertz CT molecular complexity index is 901. The second-order valence-electron chi connectivity index (χ2n) is 7.22. The van der Waals surface area contributed by atoms with Crippen LogP contribution in [0.1, 0.15) is 32.0 Å². The fraction of sp³-hybridized carbons (Fsp3) is 0.292. The van der Waals surface area contributed by atoms with Gasteiger partial charge in [0.1, 0.15) is 5.75 Å². The summed E-state index contributed by atoms with van der Waals surface area (Å²) in [5.74, 6) is 0.796. The smallest absolute Gasteiger partial charge is 0.322 e. The highest BCUT2D eigenvalue weighted by Crippen LogP contribution is 2.18. The summed E-state index contributed by atoms with van der Waals surface area (Å²) in [5.41, 5.74) is 3.09. The summed E-state index contributed by atoms with van der Waals surface area (Å²) >= 11 is 0. The van der Waals surface area contributed by atoms with Crippen molar-refractivity contribution in [3.8, 4) is 5.75 Å². The first-order chi connectivity index (χ1) is 14.1. The molecule has 2 amide bonds. The largest absolute Gasteiger partial charge is 0.494 e. The van der Waals surface area contributed by atoms with Crippen LogP contribution in [0, 0.1) is 0 Å². The molecule has 0 aliphatic rings. The molecule has 0 fully saturated rings. The first-order valence-corrected chi connectivity index (χ1v) is 10.0. The molecule has 0 radical (unpaired) electrons. The van der Waals surface area contributed by atoms with Crippen LogP contribution in [-0.2, 0) is 13.1 Å². The van der Waals surface area contributed by atoms with Crippen molar-refractivity contribution in [1.82, 2.24) is 9.47 Å². The number of rotatable bonds is 8. The number of benzene rings is 2. The molecule has 3 aromatic rings. The quantitative estimate of drug-likeness (QED) is 0.560. The zero-order chi connectivity index (χ0) is 20.6. The maximum Gasteiger partial charge on any atom is 0.322 e. The second-order valence-corrected chi connectivity index (χ2v) is 7.22. The molecule has 0 bridgehead atoms. The molecule has 5 heteroatoms. The highest BCUT2D eigenvalue weighted by atomic mass is 16.5. The van der Waals surface area contributed by atoms with Crippen LogP contribution >= 0.6 is 0 Å². The summed E-state index contributed by atoms with van der Waals surface area (Å²) in [5, 5.41) is 3.00. The molecular weight excluding hydrogens is 362 g/mol. The Morgan fingerprint density at radius 1 is 1.03 bits per heavy atom. The lowest BCUT2D eigenvalue weighted by atomic mass is 10.2. The molecule has 1 N–H and O–H groups in total. The summed E-state index contributed by atoms with van der Waals surface area (Å²) in [6.45, 7) is 7.96. The lowest BCUT2D eigenvalue weighted by molar-refractivity contribution is 0.192. The minimum atomic E-state index is -0.114. The molecule has 0 saturated carbocycles. The van der Waals surface area contributed by atoms with E-state index < -0.39 is 0 Å². The van der Waals surface area contributed by atoms with Gasteiger partial charge in [0, 0.05) is 30.2 Å². The third-order valence-electron chi connectivity index (χ3n) is 4.75. The number of nitrogens with one attached hydrogen (secondary N) is 1. The van der Waals surface area contributed by atoms with Crippen LogP contribution in [0.4, 0.5) is 10.5 Å². The average molecular weight is 392 g/mol. The number of hydrogen-bond acceptors (Lipinski definition) is 2. The van der Waals surface area contributed by atoms with Gasteiger partial charge in [-0.2, -0.15) is 0 Å². The normalized spacial score (nSPS) is 10.8. The first-order valence-electron chi connectivity index (χ1n) is 10.0. The number of aromatic nitrogens is 1. The molecule has 0 saturated heterocycles. The van der Waals surface area contributed by atoms with E-state index >= 15 is 0 Å². The molecule has 0 unspecified atom stereocenters. The van der Waals surface area contributed by atoms with Crippen molar-refractivity contribution in [2.45, 2.75) is 39.9 Å². The van der Waals surface area contributed by atoms with Crippen molar-refractivity contribution in [3.05, 3.63) is 84.2 Å². The summed E-state index contributed by atoms with van der Waals surface area (Å²) in [6, 6.07) is 21.8. The third-order valence-corrected chi connectivity index (χ3v) is 4.75. The first kappa shape index (κ1) is 20.5. The monoisotopic (exact) mass is 391 g/mol. The Morgan fingerprint density at radius 2 is 1.76 bits per heavy atom. The number of hydrogen-bond donors (Lipinski definition) is 1. The Balaban J connectivity index is 1.69. The van der Waals surface area contributed by atoms with Crippen LogP contribution in [0.3, 0.4) is 0 Å². The van der Waals surface area contributed by atoms with Crippen molar-refractivity contribution >= 4 is 11.7 Å². The molecule has 0 aliphatic heterocycles. The highest BCUT2D eigenvalue weighted by molar-refractivity contribution is 5.89. The van der Waals surface area contributed by atoms with E-state index in [1.54, 1.807) is 0 Å². The van der Waals surface area contributed by atoms with Gasteiger partial charge in [-0.25, -0.2) is 4.79 Å². The summed E-state index contributed by atoms with van der Waals surface area (Å²) in [4.78, 5) is 14.8. The van der Waals surface area contributed by atoms with Crippen molar-refractivity contribution in [2.24, 2.45) is 0 Å². The van der Waals surface area contributed by atoms with Crippen LogP contribution in [0.25, 0.3) is 0 Å². The molecule has 152 valence electrons. The van der Waals surface area contributed by atoms with E-state index in [2.05, 4.69) is 34.3 Å². The average Bonchev–Trinajstić information content (AvgIpc) is 3.15. The van der Waals surface area contributed by atoms with Gasteiger partial charge >= 0.3 is 6.03 Å². The highest BCUT2D eigenvalue weighted by Gasteiger charge is 2.19. The van der Waals surface area contributed by atoms with Crippen LogP contribution in [-0.4, -0.2) is 28.1 Å². The standard InChI is InChI=1S/C24H29N3O2/c1-4-29-23-14-12-21(13-15-23)25-24(28)27(19(2)3)18-22-11-8-16-26(22)17-20-9-6-5-7-10-20/h5-16,19H,4,17-18H2,1-3H3,(H,25,28). The molecule has 2 aromatic carbocycles. The van der Waals surface area contributed by atoms with Crippen molar-refractivity contribution in [2.75, 3.05) is 11.9 Å². The van der Waals surface area contributed by atoms with Gasteiger partial charge in [0.15, 0.2) is 0 Å². The van der Waals surface area contributed by atoms with E-state index in [0.29, 0.717) is 13.2 Å². The maximum atomic E-state index is 12.9. The lowest BCUT2D eigenvalue weighted by Crippen LogP contribution is -2.40. The molecule has 1 aromatic heterocycles. The maximum absolute atomic E-state index is 12.9. The van der Waals surface area contributed by atoms with Gasteiger partial charge < -0.3 is 19.5 Å². The third kappa shape index (κ3) is 5.64. The van der Waals surface area contributed by atoms with Gasteiger partial charge in [-0.15, -0.1) is 0 Å². The lowest BCUT2D eigenvalue weighted by Gasteiger charge is -2.27. The predicted molar refractivity (Wildman–Crippen MR) is 117 cm³/mol. The van der Waals surface area contributed by atoms with E-state index in [0.717, 1.165) is 23.7 Å². The molecule has 0 spiro atoms. The Morgan fingerprint density at radius 3 is 2.41 bits per heavy atom. The fourth-order valence-electron chi connectivity index (χ4n) is 3.19. The second kappa shape index (κ2) is 9.82. The van der Waals surface area contributed by atoms with Gasteiger partial charge in [0.25, 0.3) is 0 Å². The Labute approximate surface area is 172 Å². The Kier molecular flexibility index (Phi) is 6.95. The number of nitrogens with zero attached hydrogens (tertiary/aromatic N) is 2.